The second-order valence-electron chi connectivity index (χ2n) is 5.04. The molecule has 19 heavy (non-hydrogen) atoms. The van der Waals surface area contributed by atoms with Gasteiger partial charge in [0, 0.05) is 26.9 Å². The molecule has 1 heterocycles. The van der Waals surface area contributed by atoms with Gasteiger partial charge in [0.15, 0.2) is 0 Å². The Balaban J connectivity index is 2.21. The van der Waals surface area contributed by atoms with Gasteiger partial charge in [0.25, 0.3) is 0 Å². The van der Waals surface area contributed by atoms with E-state index in [4.69, 9.17) is 5.73 Å². The maximum Gasteiger partial charge on any atom is 0.148 e. The van der Waals surface area contributed by atoms with E-state index in [1.54, 1.807) is 11.3 Å². The molecule has 1 aromatic heterocycles. The van der Waals surface area contributed by atoms with Crippen LogP contribution in [-0.2, 0) is 16.6 Å². The lowest BCUT2D eigenvalue weighted by atomic mass is 9.79. The van der Waals surface area contributed by atoms with Crippen molar-refractivity contribution in [3.05, 3.63) is 50.6 Å². The van der Waals surface area contributed by atoms with Crippen LogP contribution in [0, 0.1) is 0 Å². The lowest BCUT2D eigenvalue weighted by Crippen LogP contribution is -2.30. The van der Waals surface area contributed by atoms with E-state index in [1.807, 2.05) is 49.6 Å². The Kier molecular flexibility index (Phi) is 4.11. The van der Waals surface area contributed by atoms with Crippen molar-refractivity contribution in [2.24, 2.45) is 0 Å². The van der Waals surface area contributed by atoms with Gasteiger partial charge < -0.3 is 5.73 Å². The highest BCUT2D eigenvalue weighted by Gasteiger charge is 2.29. The number of halogens is 1. The van der Waals surface area contributed by atoms with Gasteiger partial charge in [-0.1, -0.05) is 12.1 Å². The van der Waals surface area contributed by atoms with E-state index in [2.05, 4.69) is 15.9 Å². The van der Waals surface area contributed by atoms with Crippen molar-refractivity contribution in [1.29, 1.82) is 0 Å². The number of anilines is 1. The molecule has 2 nitrogen and oxygen atoms in total. The lowest BCUT2D eigenvalue weighted by Gasteiger charge is -2.23. The highest BCUT2D eigenvalue weighted by molar-refractivity contribution is 9.10. The highest BCUT2D eigenvalue weighted by atomic mass is 79.9. The fourth-order valence-corrected chi connectivity index (χ4v) is 3.37. The van der Waals surface area contributed by atoms with Gasteiger partial charge in [0.2, 0.25) is 0 Å². The summed E-state index contributed by atoms with van der Waals surface area (Å²) in [7, 11) is 0. The summed E-state index contributed by atoms with van der Waals surface area (Å²) < 4.78 is 1.01. The van der Waals surface area contributed by atoms with Crippen molar-refractivity contribution in [2.75, 3.05) is 5.73 Å². The predicted octanol–water partition coefficient (Wildman–Crippen LogP) is 4.18. The largest absolute Gasteiger partial charge is 0.399 e. The molecule has 2 aromatic rings. The molecule has 0 aliphatic rings. The van der Waals surface area contributed by atoms with Crippen LogP contribution < -0.4 is 5.73 Å². The van der Waals surface area contributed by atoms with Crippen LogP contribution in [0.5, 0.6) is 0 Å². The van der Waals surface area contributed by atoms with E-state index < -0.39 is 5.41 Å². The molecule has 0 unspecified atom stereocenters. The molecule has 0 saturated carbocycles. The number of hydrogen-bond donors (Lipinski definition) is 1. The molecule has 0 aliphatic heterocycles. The van der Waals surface area contributed by atoms with E-state index in [0.29, 0.717) is 12.1 Å². The molecule has 100 valence electrons. The van der Waals surface area contributed by atoms with Gasteiger partial charge in [-0.2, -0.15) is 0 Å². The molecule has 0 aliphatic carbocycles. The van der Waals surface area contributed by atoms with Crippen LogP contribution in [-0.4, -0.2) is 5.78 Å². The summed E-state index contributed by atoms with van der Waals surface area (Å²) in [5.41, 5.74) is 6.90. The van der Waals surface area contributed by atoms with Crippen LogP contribution in [0.25, 0.3) is 0 Å². The zero-order valence-corrected chi connectivity index (χ0v) is 13.3. The van der Waals surface area contributed by atoms with Crippen LogP contribution in [0.1, 0.15) is 24.3 Å². The molecule has 1 aromatic carbocycles. The maximum atomic E-state index is 12.5. The molecule has 2 rings (SSSR count). The van der Waals surface area contributed by atoms with Gasteiger partial charge in [0.1, 0.15) is 5.78 Å². The smallest absolute Gasteiger partial charge is 0.148 e. The molecule has 2 N–H and O–H groups in total. The fraction of sp³-hybridized carbons (Fsp3) is 0.267. The number of Topliss-reactive ketones (excluding diaryl/α,β-unsaturated/α-hetero) is 1. The number of thiophene rings is 1. The molecule has 0 fully saturated rings. The fourth-order valence-electron chi connectivity index (χ4n) is 1.88. The summed E-state index contributed by atoms with van der Waals surface area (Å²) in [6, 6.07) is 9.51. The van der Waals surface area contributed by atoms with Crippen LogP contribution in [0.2, 0.25) is 0 Å². The third kappa shape index (κ3) is 3.07. The van der Waals surface area contributed by atoms with Crippen LogP contribution in [0.4, 0.5) is 5.69 Å². The van der Waals surface area contributed by atoms with Crippen LogP contribution >= 0.6 is 27.3 Å². The van der Waals surface area contributed by atoms with E-state index in [-0.39, 0.29) is 5.78 Å². The third-order valence-corrected chi connectivity index (χ3v) is 5.27. The number of ketones is 1. The first-order chi connectivity index (χ1) is 8.91. The summed E-state index contributed by atoms with van der Waals surface area (Å²) in [6.45, 7) is 3.92. The minimum Gasteiger partial charge on any atom is -0.399 e. The topological polar surface area (TPSA) is 43.1 Å². The molecule has 0 atom stereocenters. The number of carbonyl (C=O) groups excluding carboxylic acids is 1. The minimum absolute atomic E-state index is 0.209. The normalized spacial score (nSPS) is 11.5. The Labute approximate surface area is 125 Å². The summed E-state index contributed by atoms with van der Waals surface area (Å²) >= 11 is 5.07. The zero-order chi connectivity index (χ0) is 14.0. The number of nitrogen functional groups attached to an aromatic ring is 1. The second kappa shape index (κ2) is 5.47. The Bertz CT molecular complexity index is 586. The average Bonchev–Trinajstić information content (AvgIpc) is 2.75. The standard InChI is InChI=1S/C15H16BrNOS/c1-15(2,10-3-5-11(17)6-4-10)14(18)9-13-12(16)7-8-19-13/h3-8H,9,17H2,1-2H3. The molecular weight excluding hydrogens is 322 g/mol. The number of rotatable bonds is 4. The van der Waals surface area contributed by atoms with Crippen molar-refractivity contribution < 1.29 is 4.79 Å². The molecule has 0 bridgehead atoms. The predicted molar refractivity (Wildman–Crippen MR) is 84.6 cm³/mol. The third-order valence-electron chi connectivity index (χ3n) is 3.34. The number of benzene rings is 1. The molecule has 0 amide bonds. The number of hydrogen-bond acceptors (Lipinski definition) is 3. The van der Waals surface area contributed by atoms with Crippen molar-refractivity contribution >= 4 is 38.7 Å². The molecule has 0 radical (unpaired) electrons. The highest BCUT2D eigenvalue weighted by Crippen LogP contribution is 2.30. The first-order valence-corrected chi connectivity index (χ1v) is 7.69. The monoisotopic (exact) mass is 337 g/mol. The summed E-state index contributed by atoms with van der Waals surface area (Å²) in [4.78, 5) is 13.6. The van der Waals surface area contributed by atoms with Gasteiger partial charge in [-0.3, -0.25) is 4.79 Å². The maximum absolute atomic E-state index is 12.5. The van der Waals surface area contributed by atoms with Crippen molar-refractivity contribution in [2.45, 2.75) is 25.7 Å². The van der Waals surface area contributed by atoms with Gasteiger partial charge in [0.05, 0.1) is 0 Å². The van der Waals surface area contributed by atoms with Gasteiger partial charge in [-0.25, -0.2) is 0 Å². The Morgan fingerprint density at radius 2 is 1.89 bits per heavy atom. The van der Waals surface area contributed by atoms with Gasteiger partial charge in [-0.15, -0.1) is 11.3 Å². The van der Waals surface area contributed by atoms with E-state index >= 15 is 0 Å². The van der Waals surface area contributed by atoms with Crippen molar-refractivity contribution in [3.63, 3.8) is 0 Å². The van der Waals surface area contributed by atoms with E-state index in [9.17, 15) is 4.79 Å². The zero-order valence-electron chi connectivity index (χ0n) is 10.9. The summed E-state index contributed by atoms with van der Waals surface area (Å²) in [5.74, 6) is 0.209. The van der Waals surface area contributed by atoms with Crippen molar-refractivity contribution in [3.8, 4) is 0 Å². The van der Waals surface area contributed by atoms with Gasteiger partial charge >= 0.3 is 0 Å². The summed E-state index contributed by atoms with van der Waals surface area (Å²) in [5, 5.41) is 1.99. The Hall–Kier alpha value is -1.13. The van der Waals surface area contributed by atoms with Gasteiger partial charge in [-0.05, 0) is 58.9 Å². The first-order valence-electron chi connectivity index (χ1n) is 6.02. The Morgan fingerprint density at radius 3 is 2.42 bits per heavy atom. The quantitative estimate of drug-likeness (QED) is 0.850. The minimum atomic E-state index is -0.503. The molecule has 0 spiro atoms. The number of carbonyl (C=O) groups is 1. The van der Waals surface area contributed by atoms with Crippen molar-refractivity contribution in [1.82, 2.24) is 0 Å². The second-order valence-corrected chi connectivity index (χ2v) is 6.89. The molecular formula is C15H16BrNOS. The van der Waals surface area contributed by atoms with Crippen LogP contribution in [0.3, 0.4) is 0 Å². The van der Waals surface area contributed by atoms with E-state index in [1.165, 1.54) is 0 Å². The first kappa shape index (κ1) is 14.3. The van der Waals surface area contributed by atoms with E-state index in [0.717, 1.165) is 14.9 Å². The molecule has 0 saturated heterocycles. The lowest BCUT2D eigenvalue weighted by molar-refractivity contribution is -0.122. The SMILES string of the molecule is CC(C)(C(=O)Cc1sccc1Br)c1ccc(N)cc1. The Morgan fingerprint density at radius 1 is 1.26 bits per heavy atom. The average molecular weight is 338 g/mol. The van der Waals surface area contributed by atoms with Crippen LogP contribution in [0.15, 0.2) is 40.2 Å². The number of nitrogens with two attached hydrogens (primary N) is 1. The molecule has 4 heteroatoms. The summed E-state index contributed by atoms with van der Waals surface area (Å²) in [6.07, 6.45) is 0.454.